The Balaban J connectivity index is 1.75. The van der Waals surface area contributed by atoms with Gasteiger partial charge in [0.2, 0.25) is 5.91 Å². The molecule has 3 rings (SSSR count). The quantitative estimate of drug-likeness (QED) is 0.915. The number of amides is 1. The van der Waals surface area contributed by atoms with E-state index in [1.54, 1.807) is 23.1 Å². The number of aromatic nitrogens is 1. The zero-order valence-corrected chi connectivity index (χ0v) is 12.7. The number of aryl methyl sites for hydroxylation is 1. The summed E-state index contributed by atoms with van der Waals surface area (Å²) in [6.07, 6.45) is 0. The first-order valence-corrected chi connectivity index (χ1v) is 8.40. The van der Waals surface area contributed by atoms with Crippen LogP contribution in [0.4, 0.5) is 5.69 Å². The molecule has 2 aromatic rings. The normalized spacial score (nSPS) is 18.1. The van der Waals surface area contributed by atoms with E-state index in [1.165, 1.54) is 0 Å². The van der Waals surface area contributed by atoms with Gasteiger partial charge in [0.15, 0.2) is 0 Å². The number of nitrogens with one attached hydrogen (secondary N) is 2. The molecule has 2 heterocycles. The third-order valence-electron chi connectivity index (χ3n) is 3.08. The van der Waals surface area contributed by atoms with Crippen molar-refractivity contribution in [1.82, 2.24) is 10.3 Å². The van der Waals surface area contributed by atoms with Gasteiger partial charge >= 0.3 is 0 Å². The molecule has 1 aromatic carbocycles. The zero-order chi connectivity index (χ0) is 13.9. The number of benzene rings is 1. The first kappa shape index (κ1) is 13.6. The van der Waals surface area contributed by atoms with E-state index in [4.69, 9.17) is 0 Å². The molecule has 1 fully saturated rings. The molecular formula is C14H15N3OS2. The fraction of sp³-hybridized carbons (Fsp3) is 0.286. The Labute approximate surface area is 126 Å². The Bertz CT molecular complexity index is 620. The highest BCUT2D eigenvalue weighted by Gasteiger charge is 2.22. The van der Waals surface area contributed by atoms with Crippen LogP contribution in [0.5, 0.6) is 0 Å². The molecule has 1 aromatic heterocycles. The Morgan fingerprint density at radius 3 is 3.10 bits per heavy atom. The van der Waals surface area contributed by atoms with Crippen LogP contribution < -0.4 is 10.6 Å². The molecular weight excluding hydrogens is 290 g/mol. The lowest BCUT2D eigenvalue weighted by Crippen LogP contribution is -2.37. The molecule has 1 aliphatic heterocycles. The summed E-state index contributed by atoms with van der Waals surface area (Å²) in [6, 6.07) is 7.73. The maximum atomic E-state index is 12.1. The lowest BCUT2D eigenvalue weighted by atomic mass is 10.1. The smallest absolute Gasteiger partial charge is 0.242 e. The first-order chi connectivity index (χ1) is 9.72. The lowest BCUT2D eigenvalue weighted by Gasteiger charge is -2.11. The molecule has 20 heavy (non-hydrogen) atoms. The van der Waals surface area contributed by atoms with Gasteiger partial charge in [-0.25, -0.2) is 4.98 Å². The molecule has 0 bridgehead atoms. The van der Waals surface area contributed by atoms with Crippen LogP contribution in [0.15, 0.2) is 29.6 Å². The topological polar surface area (TPSA) is 54.0 Å². The number of thiazole rings is 1. The van der Waals surface area contributed by atoms with E-state index < -0.39 is 0 Å². The molecule has 1 amide bonds. The predicted molar refractivity (Wildman–Crippen MR) is 85.2 cm³/mol. The van der Waals surface area contributed by atoms with Gasteiger partial charge in [-0.3, -0.25) is 10.1 Å². The molecule has 1 unspecified atom stereocenters. The predicted octanol–water partition coefficient (Wildman–Crippen LogP) is 2.72. The third kappa shape index (κ3) is 3.03. The van der Waals surface area contributed by atoms with Gasteiger partial charge in [0.25, 0.3) is 0 Å². The van der Waals surface area contributed by atoms with Crippen molar-refractivity contribution in [1.29, 1.82) is 0 Å². The SMILES string of the molecule is Cc1nc(-c2cccc(NC(=O)C3CSCN3)c2)cs1. The molecule has 6 heteroatoms. The lowest BCUT2D eigenvalue weighted by molar-refractivity contribution is -0.117. The molecule has 0 spiro atoms. The van der Waals surface area contributed by atoms with Crippen LogP contribution in [0.1, 0.15) is 5.01 Å². The summed E-state index contributed by atoms with van der Waals surface area (Å²) in [5.74, 6) is 1.70. The standard InChI is InChI=1S/C14H15N3OS2/c1-9-16-12(7-20-9)10-3-2-4-11(5-10)17-14(18)13-6-19-8-15-13/h2-5,7,13,15H,6,8H2,1H3,(H,17,18). The minimum atomic E-state index is -0.0924. The Kier molecular flexibility index (Phi) is 4.05. The maximum absolute atomic E-state index is 12.1. The minimum Gasteiger partial charge on any atom is -0.325 e. The van der Waals surface area contributed by atoms with Crippen molar-refractivity contribution in [3.8, 4) is 11.3 Å². The highest BCUT2D eigenvalue weighted by molar-refractivity contribution is 7.99. The second-order valence-corrected chi connectivity index (χ2v) is 6.69. The van der Waals surface area contributed by atoms with Gasteiger partial charge < -0.3 is 5.32 Å². The summed E-state index contributed by atoms with van der Waals surface area (Å²) < 4.78 is 0. The van der Waals surface area contributed by atoms with Crippen molar-refractivity contribution < 1.29 is 4.79 Å². The van der Waals surface area contributed by atoms with Crippen molar-refractivity contribution in [3.05, 3.63) is 34.7 Å². The molecule has 1 saturated heterocycles. The first-order valence-electron chi connectivity index (χ1n) is 6.37. The summed E-state index contributed by atoms with van der Waals surface area (Å²) in [7, 11) is 0. The van der Waals surface area contributed by atoms with Crippen molar-refractivity contribution in [2.75, 3.05) is 16.9 Å². The molecule has 0 saturated carbocycles. The van der Waals surface area contributed by atoms with Crippen molar-refractivity contribution >= 4 is 34.7 Å². The van der Waals surface area contributed by atoms with Crippen molar-refractivity contribution in [2.45, 2.75) is 13.0 Å². The van der Waals surface area contributed by atoms with Crippen LogP contribution in [0.3, 0.4) is 0 Å². The summed E-state index contributed by atoms with van der Waals surface area (Å²) in [5, 5.41) is 9.20. The van der Waals surface area contributed by atoms with Gasteiger partial charge in [-0.15, -0.1) is 23.1 Å². The zero-order valence-electron chi connectivity index (χ0n) is 11.1. The second-order valence-electron chi connectivity index (χ2n) is 4.59. The Hall–Kier alpha value is -1.37. The van der Waals surface area contributed by atoms with E-state index in [-0.39, 0.29) is 11.9 Å². The van der Waals surface area contributed by atoms with E-state index in [0.29, 0.717) is 0 Å². The minimum absolute atomic E-state index is 0.0293. The number of thioether (sulfide) groups is 1. The van der Waals surface area contributed by atoms with Gasteiger partial charge in [-0.05, 0) is 19.1 Å². The third-order valence-corrected chi connectivity index (χ3v) is 4.79. The fourth-order valence-electron chi connectivity index (χ4n) is 2.05. The highest BCUT2D eigenvalue weighted by atomic mass is 32.2. The molecule has 104 valence electrons. The van der Waals surface area contributed by atoms with Crippen LogP contribution >= 0.6 is 23.1 Å². The number of carbonyl (C=O) groups is 1. The van der Waals surface area contributed by atoms with Crippen LogP contribution in [0.25, 0.3) is 11.3 Å². The van der Waals surface area contributed by atoms with E-state index >= 15 is 0 Å². The monoisotopic (exact) mass is 305 g/mol. The largest absolute Gasteiger partial charge is 0.325 e. The van der Waals surface area contributed by atoms with E-state index in [1.807, 2.05) is 36.6 Å². The number of rotatable bonds is 3. The van der Waals surface area contributed by atoms with Gasteiger partial charge in [0.1, 0.15) is 0 Å². The molecule has 4 nitrogen and oxygen atoms in total. The molecule has 0 aliphatic carbocycles. The van der Waals surface area contributed by atoms with Crippen molar-refractivity contribution in [2.24, 2.45) is 0 Å². The highest BCUT2D eigenvalue weighted by Crippen LogP contribution is 2.24. The van der Waals surface area contributed by atoms with E-state index in [9.17, 15) is 4.79 Å². The van der Waals surface area contributed by atoms with Crippen LogP contribution in [0.2, 0.25) is 0 Å². The van der Waals surface area contributed by atoms with E-state index in [0.717, 1.165) is 33.6 Å². The number of hydrogen-bond acceptors (Lipinski definition) is 5. The average molecular weight is 305 g/mol. The Morgan fingerprint density at radius 2 is 2.40 bits per heavy atom. The summed E-state index contributed by atoms with van der Waals surface area (Å²) in [5.41, 5.74) is 2.80. The fourth-order valence-corrected chi connectivity index (χ4v) is 3.61. The summed E-state index contributed by atoms with van der Waals surface area (Å²) >= 11 is 3.37. The second kappa shape index (κ2) is 5.95. The van der Waals surface area contributed by atoms with Crippen LogP contribution in [-0.2, 0) is 4.79 Å². The maximum Gasteiger partial charge on any atom is 0.242 e. The summed E-state index contributed by atoms with van der Waals surface area (Å²) in [4.78, 5) is 16.5. The average Bonchev–Trinajstić information content (AvgIpc) is 3.10. The number of carbonyl (C=O) groups excluding carboxylic acids is 1. The van der Waals surface area contributed by atoms with Crippen LogP contribution in [0, 0.1) is 6.92 Å². The molecule has 2 N–H and O–H groups in total. The molecule has 0 radical (unpaired) electrons. The number of anilines is 1. The van der Waals surface area contributed by atoms with Crippen LogP contribution in [-0.4, -0.2) is 28.6 Å². The molecule has 1 atom stereocenters. The van der Waals surface area contributed by atoms with Crippen molar-refractivity contribution in [3.63, 3.8) is 0 Å². The number of hydrogen-bond donors (Lipinski definition) is 2. The van der Waals surface area contributed by atoms with Gasteiger partial charge in [0.05, 0.1) is 16.7 Å². The summed E-state index contributed by atoms with van der Waals surface area (Å²) in [6.45, 7) is 1.99. The van der Waals surface area contributed by atoms with Gasteiger partial charge in [-0.1, -0.05) is 12.1 Å². The van der Waals surface area contributed by atoms with Gasteiger partial charge in [-0.2, -0.15) is 0 Å². The van der Waals surface area contributed by atoms with Gasteiger partial charge in [0, 0.05) is 28.3 Å². The van der Waals surface area contributed by atoms with E-state index in [2.05, 4.69) is 15.6 Å². The Morgan fingerprint density at radius 1 is 1.50 bits per heavy atom. The number of nitrogens with zero attached hydrogens (tertiary/aromatic N) is 1. The molecule has 1 aliphatic rings.